The first-order valence-corrected chi connectivity index (χ1v) is 10.8. The summed E-state index contributed by atoms with van der Waals surface area (Å²) in [4.78, 5) is 12.3. The predicted molar refractivity (Wildman–Crippen MR) is 107 cm³/mol. The van der Waals surface area contributed by atoms with Crippen LogP contribution in [0.4, 0.5) is 0 Å². The highest BCUT2D eigenvalue weighted by atomic mass is 16.5. The van der Waals surface area contributed by atoms with Gasteiger partial charge in [-0.05, 0) is 24.3 Å². The van der Waals surface area contributed by atoms with Crippen LogP contribution < -0.4 is 0 Å². The zero-order valence-corrected chi connectivity index (χ0v) is 16.5. The Labute approximate surface area is 159 Å². The Morgan fingerprint density at radius 1 is 0.923 bits per heavy atom. The normalized spacial score (nSPS) is 20.1. The predicted octanol–water partition coefficient (Wildman–Crippen LogP) is 6.00. The van der Waals surface area contributed by atoms with Crippen molar-refractivity contribution in [3.8, 4) is 0 Å². The maximum Gasteiger partial charge on any atom is 0.249 e. The molecule has 1 heterocycles. The van der Waals surface area contributed by atoms with Crippen LogP contribution in [-0.2, 0) is 11.2 Å². The molecule has 0 aliphatic carbocycles. The van der Waals surface area contributed by atoms with Crippen molar-refractivity contribution >= 4 is 5.91 Å². The summed E-state index contributed by atoms with van der Waals surface area (Å²) in [6.07, 6.45) is 14.9. The van der Waals surface area contributed by atoms with E-state index in [0.717, 1.165) is 24.3 Å². The molecule has 2 rings (SSSR count). The van der Waals surface area contributed by atoms with Crippen molar-refractivity contribution in [1.82, 2.24) is 5.06 Å². The number of hydroxylamine groups is 2. The van der Waals surface area contributed by atoms with E-state index in [4.69, 9.17) is 0 Å². The van der Waals surface area contributed by atoms with Gasteiger partial charge >= 0.3 is 0 Å². The standard InChI is InChI=1S/C23H37NO2/c1-2-3-4-5-6-7-8-9-10-14-17-22-21(19-24(26)23(22)25)18-20-15-12-11-13-16-20/h11-13,15-16,21-22,26H,2-10,14,17-19H2,1H3. The van der Waals surface area contributed by atoms with Crippen LogP contribution in [0.25, 0.3) is 0 Å². The zero-order valence-electron chi connectivity index (χ0n) is 16.5. The van der Waals surface area contributed by atoms with Gasteiger partial charge in [-0.3, -0.25) is 10.0 Å². The molecule has 1 saturated heterocycles. The van der Waals surface area contributed by atoms with Gasteiger partial charge in [0.25, 0.3) is 0 Å². The highest BCUT2D eigenvalue weighted by molar-refractivity contribution is 5.80. The molecule has 0 aromatic heterocycles. The quantitative estimate of drug-likeness (QED) is 0.346. The first kappa shape index (κ1) is 21.0. The minimum absolute atomic E-state index is 0.00532. The molecule has 146 valence electrons. The number of carbonyl (C=O) groups excluding carboxylic acids is 1. The number of rotatable bonds is 13. The van der Waals surface area contributed by atoms with Crippen molar-refractivity contribution < 1.29 is 10.0 Å². The fourth-order valence-electron chi connectivity index (χ4n) is 4.17. The lowest BCUT2D eigenvalue weighted by Crippen LogP contribution is -2.23. The van der Waals surface area contributed by atoms with Gasteiger partial charge < -0.3 is 0 Å². The average Bonchev–Trinajstić information content (AvgIpc) is 2.91. The van der Waals surface area contributed by atoms with Crippen LogP contribution in [0, 0.1) is 11.8 Å². The van der Waals surface area contributed by atoms with E-state index in [1.54, 1.807) is 0 Å². The number of carbonyl (C=O) groups is 1. The molecule has 1 N–H and O–H groups in total. The molecule has 0 saturated carbocycles. The van der Waals surface area contributed by atoms with Gasteiger partial charge in [0.1, 0.15) is 0 Å². The van der Waals surface area contributed by atoms with E-state index in [9.17, 15) is 10.0 Å². The molecule has 0 radical (unpaired) electrons. The van der Waals surface area contributed by atoms with Crippen molar-refractivity contribution in [2.24, 2.45) is 11.8 Å². The van der Waals surface area contributed by atoms with Crippen LogP contribution in [0.5, 0.6) is 0 Å². The molecule has 1 aliphatic heterocycles. The Balaban J connectivity index is 1.62. The van der Waals surface area contributed by atoms with Gasteiger partial charge in [-0.2, -0.15) is 0 Å². The molecule has 1 aliphatic rings. The number of benzene rings is 1. The van der Waals surface area contributed by atoms with E-state index in [2.05, 4.69) is 19.1 Å². The van der Waals surface area contributed by atoms with Gasteiger partial charge in [-0.15, -0.1) is 0 Å². The second-order valence-corrected chi connectivity index (χ2v) is 7.95. The molecular formula is C23H37NO2. The summed E-state index contributed by atoms with van der Waals surface area (Å²) >= 11 is 0. The molecule has 2 atom stereocenters. The number of hydrogen-bond acceptors (Lipinski definition) is 2. The van der Waals surface area contributed by atoms with E-state index in [1.807, 2.05) is 18.2 Å². The van der Waals surface area contributed by atoms with Crippen molar-refractivity contribution in [2.45, 2.75) is 84.0 Å². The van der Waals surface area contributed by atoms with Crippen molar-refractivity contribution in [1.29, 1.82) is 0 Å². The summed E-state index contributed by atoms with van der Waals surface area (Å²) in [5.74, 6) is 0.171. The molecule has 26 heavy (non-hydrogen) atoms. The van der Waals surface area contributed by atoms with E-state index in [0.29, 0.717) is 6.54 Å². The Kier molecular flexibility index (Phi) is 9.76. The summed E-state index contributed by atoms with van der Waals surface area (Å²) in [5.41, 5.74) is 1.26. The van der Waals surface area contributed by atoms with Gasteiger partial charge in [-0.1, -0.05) is 101 Å². The zero-order chi connectivity index (χ0) is 18.6. The first-order chi connectivity index (χ1) is 12.7. The lowest BCUT2D eigenvalue weighted by Gasteiger charge is -2.16. The molecule has 3 nitrogen and oxygen atoms in total. The average molecular weight is 360 g/mol. The second-order valence-electron chi connectivity index (χ2n) is 7.95. The monoisotopic (exact) mass is 359 g/mol. The summed E-state index contributed by atoms with van der Waals surface area (Å²) in [6, 6.07) is 10.3. The Hall–Kier alpha value is -1.35. The van der Waals surface area contributed by atoms with Gasteiger partial charge in [0.2, 0.25) is 5.91 Å². The molecule has 2 unspecified atom stereocenters. The van der Waals surface area contributed by atoms with Gasteiger partial charge in [-0.25, -0.2) is 5.06 Å². The number of amides is 1. The fourth-order valence-corrected chi connectivity index (χ4v) is 4.17. The SMILES string of the molecule is CCCCCCCCCCCCC1C(=O)N(O)CC1Cc1ccccc1. The summed E-state index contributed by atoms with van der Waals surface area (Å²) in [5, 5.41) is 10.8. The van der Waals surface area contributed by atoms with Crippen LogP contribution in [0.1, 0.15) is 83.1 Å². The maximum absolute atomic E-state index is 12.3. The van der Waals surface area contributed by atoms with E-state index >= 15 is 0 Å². The molecule has 1 amide bonds. The first-order valence-electron chi connectivity index (χ1n) is 10.8. The maximum atomic E-state index is 12.3. The third-order valence-electron chi connectivity index (χ3n) is 5.76. The molecule has 0 bridgehead atoms. The van der Waals surface area contributed by atoms with E-state index < -0.39 is 0 Å². The Morgan fingerprint density at radius 2 is 1.50 bits per heavy atom. The summed E-state index contributed by atoms with van der Waals surface area (Å²) in [6.45, 7) is 2.74. The van der Waals surface area contributed by atoms with Crippen molar-refractivity contribution in [2.75, 3.05) is 6.54 Å². The lowest BCUT2D eigenvalue weighted by molar-refractivity contribution is -0.160. The van der Waals surface area contributed by atoms with Crippen molar-refractivity contribution in [3.05, 3.63) is 35.9 Å². The van der Waals surface area contributed by atoms with Crippen LogP contribution in [-0.4, -0.2) is 22.7 Å². The molecule has 0 spiro atoms. The second kappa shape index (κ2) is 12.1. The van der Waals surface area contributed by atoms with Gasteiger partial charge in [0.05, 0.1) is 6.54 Å². The molecular weight excluding hydrogens is 322 g/mol. The molecule has 1 aromatic rings. The molecule has 3 heteroatoms. The third-order valence-corrected chi connectivity index (χ3v) is 5.76. The smallest absolute Gasteiger partial charge is 0.249 e. The van der Waals surface area contributed by atoms with Gasteiger partial charge in [0.15, 0.2) is 0 Å². The molecule has 1 fully saturated rings. The topological polar surface area (TPSA) is 40.5 Å². The van der Waals surface area contributed by atoms with E-state index in [-0.39, 0.29) is 17.7 Å². The third kappa shape index (κ3) is 7.11. The number of unbranched alkanes of at least 4 members (excludes halogenated alkanes) is 9. The summed E-state index contributed by atoms with van der Waals surface area (Å²) < 4.78 is 0. The Morgan fingerprint density at radius 3 is 2.12 bits per heavy atom. The lowest BCUT2D eigenvalue weighted by atomic mass is 9.85. The number of nitrogens with zero attached hydrogens (tertiary/aromatic N) is 1. The number of hydrogen-bond donors (Lipinski definition) is 1. The van der Waals surface area contributed by atoms with Crippen LogP contribution >= 0.6 is 0 Å². The summed E-state index contributed by atoms with van der Waals surface area (Å²) in [7, 11) is 0. The Bertz CT molecular complexity index is 502. The fraction of sp³-hybridized carbons (Fsp3) is 0.696. The highest BCUT2D eigenvalue weighted by Gasteiger charge is 2.39. The van der Waals surface area contributed by atoms with E-state index in [1.165, 1.54) is 63.4 Å². The largest absolute Gasteiger partial charge is 0.286 e. The van der Waals surface area contributed by atoms with Crippen LogP contribution in [0.2, 0.25) is 0 Å². The highest BCUT2D eigenvalue weighted by Crippen LogP contribution is 2.31. The minimum atomic E-state index is -0.0677. The molecule has 1 aromatic carbocycles. The van der Waals surface area contributed by atoms with Crippen molar-refractivity contribution in [3.63, 3.8) is 0 Å². The van der Waals surface area contributed by atoms with Crippen LogP contribution in [0.15, 0.2) is 30.3 Å². The minimum Gasteiger partial charge on any atom is -0.286 e. The van der Waals surface area contributed by atoms with Gasteiger partial charge in [0, 0.05) is 5.92 Å². The van der Waals surface area contributed by atoms with Crippen LogP contribution in [0.3, 0.4) is 0 Å².